The zero-order valence-corrected chi connectivity index (χ0v) is 17.2. The van der Waals surface area contributed by atoms with Gasteiger partial charge in [-0.2, -0.15) is 0 Å². The first-order valence-electron chi connectivity index (χ1n) is 9.65. The summed E-state index contributed by atoms with van der Waals surface area (Å²) >= 11 is 0. The summed E-state index contributed by atoms with van der Waals surface area (Å²) in [5.74, 6) is -0.835. The first-order chi connectivity index (χ1) is 13.7. The molecule has 0 spiro atoms. The SMILES string of the molecule is CCOC1CC(NC(=O)c2ccc(N(C)c3ccccc3)nc2)(C(=O)O)C1(C)C. The molecule has 7 heteroatoms. The smallest absolute Gasteiger partial charge is 0.330 e. The van der Waals surface area contributed by atoms with Crippen LogP contribution in [0.2, 0.25) is 0 Å². The van der Waals surface area contributed by atoms with Gasteiger partial charge in [0.15, 0.2) is 0 Å². The van der Waals surface area contributed by atoms with Crippen molar-refractivity contribution in [2.24, 2.45) is 5.41 Å². The fourth-order valence-electron chi connectivity index (χ4n) is 3.81. The average molecular weight is 397 g/mol. The molecule has 1 aromatic carbocycles. The lowest BCUT2D eigenvalue weighted by Crippen LogP contribution is -2.76. The number of anilines is 2. The van der Waals surface area contributed by atoms with Crippen molar-refractivity contribution in [1.82, 2.24) is 10.3 Å². The van der Waals surface area contributed by atoms with Crippen molar-refractivity contribution < 1.29 is 19.4 Å². The molecule has 2 unspecified atom stereocenters. The standard InChI is InChI=1S/C22H27N3O4/c1-5-29-17-13-22(20(27)28,21(17,2)3)24-19(26)15-11-12-18(23-14-15)25(4)16-9-7-6-8-10-16/h6-12,14,17H,5,13H2,1-4H3,(H,24,26)(H,27,28). The zero-order chi connectivity index (χ0) is 21.2. The van der Waals surface area contributed by atoms with Crippen LogP contribution in [0.15, 0.2) is 48.7 Å². The van der Waals surface area contributed by atoms with E-state index in [0.717, 1.165) is 5.69 Å². The number of hydrogen-bond donors (Lipinski definition) is 2. The van der Waals surface area contributed by atoms with E-state index in [1.807, 2.05) is 49.2 Å². The molecule has 2 N–H and O–H groups in total. The number of aliphatic carboxylic acids is 1. The van der Waals surface area contributed by atoms with E-state index in [-0.39, 0.29) is 12.5 Å². The predicted octanol–water partition coefficient (Wildman–Crippen LogP) is 3.24. The quantitative estimate of drug-likeness (QED) is 0.745. The van der Waals surface area contributed by atoms with E-state index < -0.39 is 22.8 Å². The monoisotopic (exact) mass is 397 g/mol. The Labute approximate surface area is 170 Å². The van der Waals surface area contributed by atoms with Crippen LogP contribution in [0.25, 0.3) is 0 Å². The largest absolute Gasteiger partial charge is 0.479 e. The number of pyridine rings is 1. The molecule has 154 valence electrons. The zero-order valence-electron chi connectivity index (χ0n) is 17.2. The molecule has 1 heterocycles. The minimum absolute atomic E-state index is 0.219. The number of para-hydroxylation sites is 1. The summed E-state index contributed by atoms with van der Waals surface area (Å²) < 4.78 is 5.64. The summed E-state index contributed by atoms with van der Waals surface area (Å²) in [6.07, 6.45) is 1.48. The maximum Gasteiger partial charge on any atom is 0.330 e. The molecule has 3 rings (SSSR count). The highest BCUT2D eigenvalue weighted by atomic mass is 16.5. The van der Waals surface area contributed by atoms with Crippen molar-refractivity contribution in [3.8, 4) is 0 Å². The van der Waals surface area contributed by atoms with Crippen molar-refractivity contribution in [2.45, 2.75) is 38.8 Å². The molecule has 7 nitrogen and oxygen atoms in total. The number of rotatable bonds is 7. The molecule has 2 atom stereocenters. The second-order valence-electron chi connectivity index (χ2n) is 7.83. The summed E-state index contributed by atoms with van der Waals surface area (Å²) in [6, 6.07) is 13.1. The number of nitrogens with one attached hydrogen (secondary N) is 1. The number of carbonyl (C=O) groups is 2. The molecule has 0 saturated heterocycles. The van der Waals surface area contributed by atoms with Gasteiger partial charge in [-0.3, -0.25) is 4.79 Å². The van der Waals surface area contributed by atoms with E-state index in [1.165, 1.54) is 6.20 Å². The molecule has 1 aliphatic carbocycles. The van der Waals surface area contributed by atoms with Gasteiger partial charge in [0, 0.05) is 37.4 Å². The molecule has 1 aliphatic rings. The van der Waals surface area contributed by atoms with Gasteiger partial charge in [-0.25, -0.2) is 9.78 Å². The average Bonchev–Trinajstić information content (AvgIpc) is 2.72. The maximum absolute atomic E-state index is 12.8. The number of hydrogen-bond acceptors (Lipinski definition) is 5. The lowest BCUT2D eigenvalue weighted by atomic mass is 9.54. The topological polar surface area (TPSA) is 91.8 Å². The number of nitrogens with zero attached hydrogens (tertiary/aromatic N) is 2. The molecular weight excluding hydrogens is 370 g/mol. The normalized spacial score (nSPS) is 22.4. The van der Waals surface area contributed by atoms with Crippen LogP contribution in [-0.2, 0) is 9.53 Å². The molecular formula is C22H27N3O4. The lowest BCUT2D eigenvalue weighted by Gasteiger charge is -2.58. The minimum atomic E-state index is -1.37. The molecule has 29 heavy (non-hydrogen) atoms. The van der Waals surface area contributed by atoms with Gasteiger partial charge in [0.05, 0.1) is 11.7 Å². The number of carbonyl (C=O) groups excluding carboxylic acids is 1. The van der Waals surface area contributed by atoms with Gasteiger partial charge in [0.1, 0.15) is 11.4 Å². The van der Waals surface area contributed by atoms with Gasteiger partial charge in [0.25, 0.3) is 5.91 Å². The lowest BCUT2D eigenvalue weighted by molar-refractivity contribution is -0.190. The second-order valence-corrected chi connectivity index (χ2v) is 7.83. The molecule has 0 aliphatic heterocycles. The molecule has 1 aromatic heterocycles. The fourth-order valence-corrected chi connectivity index (χ4v) is 3.81. The Kier molecular flexibility index (Phi) is 5.61. The predicted molar refractivity (Wildman–Crippen MR) is 110 cm³/mol. The Bertz CT molecular complexity index is 883. The van der Waals surface area contributed by atoms with E-state index in [1.54, 1.807) is 26.0 Å². The summed E-state index contributed by atoms with van der Waals surface area (Å²) in [7, 11) is 1.89. The third-order valence-electron chi connectivity index (χ3n) is 5.95. The van der Waals surface area contributed by atoms with Crippen LogP contribution >= 0.6 is 0 Å². The highest BCUT2D eigenvalue weighted by Crippen LogP contribution is 2.51. The van der Waals surface area contributed by atoms with Crippen molar-refractivity contribution in [3.63, 3.8) is 0 Å². The van der Waals surface area contributed by atoms with Crippen LogP contribution in [0, 0.1) is 5.41 Å². The van der Waals surface area contributed by atoms with Gasteiger partial charge in [-0.05, 0) is 31.2 Å². The highest BCUT2D eigenvalue weighted by molar-refractivity contribution is 5.98. The molecule has 2 aromatic rings. The van der Waals surface area contributed by atoms with E-state index in [9.17, 15) is 14.7 Å². The van der Waals surface area contributed by atoms with Crippen LogP contribution in [0.4, 0.5) is 11.5 Å². The number of aromatic nitrogens is 1. The van der Waals surface area contributed by atoms with Crippen molar-refractivity contribution in [1.29, 1.82) is 0 Å². The Morgan fingerprint density at radius 3 is 2.45 bits per heavy atom. The number of carboxylic acids is 1. The Hall–Kier alpha value is -2.93. The van der Waals surface area contributed by atoms with Gasteiger partial charge >= 0.3 is 5.97 Å². The molecule has 1 saturated carbocycles. The van der Waals surface area contributed by atoms with Crippen LogP contribution in [0.3, 0.4) is 0 Å². The maximum atomic E-state index is 12.8. The van der Waals surface area contributed by atoms with Gasteiger partial charge in [-0.1, -0.05) is 32.0 Å². The molecule has 1 fully saturated rings. The van der Waals surface area contributed by atoms with E-state index >= 15 is 0 Å². The Morgan fingerprint density at radius 2 is 1.93 bits per heavy atom. The molecule has 0 bridgehead atoms. The second kappa shape index (κ2) is 7.83. The minimum Gasteiger partial charge on any atom is -0.479 e. The third-order valence-corrected chi connectivity index (χ3v) is 5.95. The van der Waals surface area contributed by atoms with Gasteiger partial charge in [0.2, 0.25) is 0 Å². The van der Waals surface area contributed by atoms with Crippen LogP contribution in [0.5, 0.6) is 0 Å². The molecule has 0 radical (unpaired) electrons. The van der Waals surface area contributed by atoms with Crippen LogP contribution in [-0.4, -0.2) is 47.3 Å². The number of carboxylic acid groups (broad SMARTS) is 1. The van der Waals surface area contributed by atoms with Gasteiger partial charge in [-0.15, -0.1) is 0 Å². The third kappa shape index (κ3) is 3.58. The summed E-state index contributed by atoms with van der Waals surface area (Å²) in [5.41, 5.74) is -0.818. The Balaban J connectivity index is 1.76. The number of benzene rings is 1. The summed E-state index contributed by atoms with van der Waals surface area (Å²) in [4.78, 5) is 31.1. The summed E-state index contributed by atoms with van der Waals surface area (Å²) in [6.45, 7) is 5.98. The van der Waals surface area contributed by atoms with Crippen molar-refractivity contribution in [3.05, 3.63) is 54.2 Å². The van der Waals surface area contributed by atoms with E-state index in [0.29, 0.717) is 18.0 Å². The van der Waals surface area contributed by atoms with Crippen LogP contribution < -0.4 is 10.2 Å². The highest BCUT2D eigenvalue weighted by Gasteiger charge is 2.66. The van der Waals surface area contributed by atoms with Gasteiger partial charge < -0.3 is 20.1 Å². The number of ether oxygens (including phenoxy) is 1. The first kappa shape index (κ1) is 20.8. The Morgan fingerprint density at radius 1 is 1.24 bits per heavy atom. The van der Waals surface area contributed by atoms with E-state index in [2.05, 4.69) is 10.3 Å². The van der Waals surface area contributed by atoms with Crippen LogP contribution in [0.1, 0.15) is 37.6 Å². The summed E-state index contributed by atoms with van der Waals surface area (Å²) in [5, 5.41) is 12.6. The first-order valence-corrected chi connectivity index (χ1v) is 9.65. The molecule has 1 amide bonds. The fraction of sp³-hybridized carbons (Fsp3) is 0.409. The van der Waals surface area contributed by atoms with Crippen molar-refractivity contribution >= 4 is 23.4 Å². The van der Waals surface area contributed by atoms with E-state index in [4.69, 9.17) is 4.74 Å². The number of amides is 1. The van der Waals surface area contributed by atoms with Crippen molar-refractivity contribution in [2.75, 3.05) is 18.6 Å².